The molecule has 0 bridgehead atoms. The summed E-state index contributed by atoms with van der Waals surface area (Å²) < 4.78 is 8.12. The zero-order valence-electron chi connectivity index (χ0n) is 17.8. The molecule has 158 valence electrons. The maximum atomic E-state index is 12.4. The molecule has 5 heteroatoms. The third-order valence-corrected chi connectivity index (χ3v) is 5.33. The van der Waals surface area contributed by atoms with E-state index in [1.165, 1.54) is 5.56 Å². The van der Waals surface area contributed by atoms with Gasteiger partial charge in [-0.05, 0) is 42.7 Å². The highest BCUT2D eigenvalue weighted by Gasteiger charge is 2.12. The van der Waals surface area contributed by atoms with Gasteiger partial charge in [-0.15, -0.1) is 0 Å². The summed E-state index contributed by atoms with van der Waals surface area (Å²) in [6.07, 6.45) is 1.19. The maximum Gasteiger partial charge on any atom is 0.220 e. The van der Waals surface area contributed by atoms with Gasteiger partial charge in [-0.2, -0.15) is 0 Å². The first-order valence-electron chi connectivity index (χ1n) is 10.6. The van der Waals surface area contributed by atoms with Crippen molar-refractivity contribution in [3.05, 3.63) is 95.8 Å². The van der Waals surface area contributed by atoms with Crippen LogP contribution in [0.3, 0.4) is 0 Å². The molecule has 0 fully saturated rings. The fourth-order valence-electron chi connectivity index (χ4n) is 3.64. The molecule has 1 aromatic heterocycles. The van der Waals surface area contributed by atoms with E-state index >= 15 is 0 Å². The Morgan fingerprint density at radius 3 is 2.55 bits per heavy atom. The van der Waals surface area contributed by atoms with Crippen LogP contribution in [0.25, 0.3) is 11.0 Å². The lowest BCUT2D eigenvalue weighted by Gasteiger charge is -2.12. The highest BCUT2D eigenvalue weighted by atomic mass is 16.5. The van der Waals surface area contributed by atoms with E-state index in [-0.39, 0.29) is 5.91 Å². The first-order chi connectivity index (χ1) is 15.2. The van der Waals surface area contributed by atoms with Crippen molar-refractivity contribution < 1.29 is 9.53 Å². The summed E-state index contributed by atoms with van der Waals surface area (Å²) in [5.41, 5.74) is 4.25. The monoisotopic (exact) mass is 413 g/mol. The van der Waals surface area contributed by atoms with Gasteiger partial charge in [-0.3, -0.25) is 4.79 Å². The van der Waals surface area contributed by atoms with Crippen molar-refractivity contribution in [2.75, 3.05) is 6.61 Å². The number of aromatic nitrogens is 2. The van der Waals surface area contributed by atoms with Gasteiger partial charge in [-0.1, -0.05) is 60.7 Å². The molecule has 3 aromatic carbocycles. The molecule has 0 spiro atoms. The number of amides is 1. The number of imidazole rings is 1. The van der Waals surface area contributed by atoms with E-state index in [1.807, 2.05) is 79.7 Å². The molecule has 1 N–H and O–H groups in total. The van der Waals surface area contributed by atoms with Crippen LogP contribution in [0.15, 0.2) is 78.9 Å². The average Bonchev–Trinajstić information content (AvgIpc) is 3.16. The minimum absolute atomic E-state index is 0.0265. The minimum Gasteiger partial charge on any atom is -0.491 e. The van der Waals surface area contributed by atoms with Gasteiger partial charge in [-0.25, -0.2) is 4.98 Å². The van der Waals surface area contributed by atoms with Crippen LogP contribution in [0.1, 0.15) is 23.4 Å². The summed E-state index contributed by atoms with van der Waals surface area (Å²) in [6.45, 7) is 3.62. The highest BCUT2D eigenvalue weighted by molar-refractivity contribution is 5.77. The summed E-state index contributed by atoms with van der Waals surface area (Å²) in [5.74, 6) is 1.75. The van der Waals surface area contributed by atoms with E-state index in [1.54, 1.807) is 0 Å². The Hall–Kier alpha value is -3.60. The van der Waals surface area contributed by atoms with Crippen molar-refractivity contribution in [3.8, 4) is 5.75 Å². The number of benzene rings is 3. The minimum atomic E-state index is 0.0265. The Labute approximate surface area is 182 Å². The second-order valence-electron chi connectivity index (χ2n) is 7.54. The number of carbonyl (C=O) groups is 1. The number of nitrogens with one attached hydrogen (secondary N) is 1. The SMILES string of the molecule is Cc1ccccc1OCCn1c(CNC(=O)CCc2ccccc2)nc2ccccc21. The van der Waals surface area contributed by atoms with E-state index in [0.29, 0.717) is 26.1 Å². The molecule has 0 aliphatic heterocycles. The van der Waals surface area contributed by atoms with Crippen molar-refractivity contribution >= 4 is 16.9 Å². The molecule has 0 aliphatic carbocycles. The second-order valence-corrected chi connectivity index (χ2v) is 7.54. The molecule has 4 rings (SSSR count). The predicted octanol–water partition coefficient (Wildman–Crippen LogP) is 4.67. The average molecular weight is 414 g/mol. The van der Waals surface area contributed by atoms with Gasteiger partial charge in [0.05, 0.1) is 24.1 Å². The zero-order chi connectivity index (χ0) is 21.5. The van der Waals surface area contributed by atoms with Crippen molar-refractivity contribution in [2.24, 2.45) is 0 Å². The van der Waals surface area contributed by atoms with Gasteiger partial charge in [0.1, 0.15) is 18.2 Å². The third kappa shape index (κ3) is 5.31. The number of hydrogen-bond donors (Lipinski definition) is 1. The molecule has 0 atom stereocenters. The van der Waals surface area contributed by atoms with Crippen LogP contribution in [-0.2, 0) is 24.3 Å². The molecule has 0 aliphatic rings. The Bertz CT molecular complexity index is 1150. The lowest BCUT2D eigenvalue weighted by atomic mass is 10.1. The predicted molar refractivity (Wildman–Crippen MR) is 123 cm³/mol. The standard InChI is InChI=1S/C26H27N3O2/c1-20-9-5-8-14-24(20)31-18-17-29-23-13-7-6-12-22(23)28-25(29)19-27-26(30)16-15-21-10-3-2-4-11-21/h2-14H,15-19H2,1H3,(H,27,30). The van der Waals surface area contributed by atoms with Crippen molar-refractivity contribution in [1.29, 1.82) is 0 Å². The van der Waals surface area contributed by atoms with Crippen LogP contribution >= 0.6 is 0 Å². The van der Waals surface area contributed by atoms with Gasteiger partial charge in [0.2, 0.25) is 5.91 Å². The third-order valence-electron chi connectivity index (χ3n) is 5.33. The molecule has 5 nitrogen and oxygen atoms in total. The van der Waals surface area contributed by atoms with Crippen LogP contribution in [0, 0.1) is 6.92 Å². The quantitative estimate of drug-likeness (QED) is 0.434. The van der Waals surface area contributed by atoms with Crippen LogP contribution in [0.5, 0.6) is 5.75 Å². The maximum absolute atomic E-state index is 12.4. The summed E-state index contributed by atoms with van der Waals surface area (Å²) in [7, 11) is 0. The fraction of sp³-hybridized carbons (Fsp3) is 0.231. The normalized spacial score (nSPS) is 10.9. The number of fused-ring (bicyclic) bond motifs is 1. The molecule has 0 radical (unpaired) electrons. The fourth-order valence-corrected chi connectivity index (χ4v) is 3.64. The van der Waals surface area contributed by atoms with E-state index < -0.39 is 0 Å². The Morgan fingerprint density at radius 1 is 0.968 bits per heavy atom. The lowest BCUT2D eigenvalue weighted by molar-refractivity contribution is -0.121. The van der Waals surface area contributed by atoms with E-state index in [0.717, 1.165) is 34.6 Å². The molecular formula is C26H27N3O2. The molecule has 0 unspecified atom stereocenters. The van der Waals surface area contributed by atoms with E-state index in [4.69, 9.17) is 9.72 Å². The van der Waals surface area contributed by atoms with Crippen molar-refractivity contribution in [1.82, 2.24) is 14.9 Å². The number of nitrogens with zero attached hydrogens (tertiary/aromatic N) is 2. The first kappa shape index (κ1) is 20.7. The number of para-hydroxylation sites is 3. The van der Waals surface area contributed by atoms with Crippen molar-refractivity contribution in [2.45, 2.75) is 32.9 Å². The van der Waals surface area contributed by atoms with Gasteiger partial charge in [0, 0.05) is 6.42 Å². The zero-order valence-corrected chi connectivity index (χ0v) is 17.8. The summed E-state index contributed by atoms with van der Waals surface area (Å²) >= 11 is 0. The van der Waals surface area contributed by atoms with Crippen LogP contribution in [0.2, 0.25) is 0 Å². The number of hydrogen-bond acceptors (Lipinski definition) is 3. The van der Waals surface area contributed by atoms with Gasteiger partial charge in [0.15, 0.2) is 0 Å². The lowest BCUT2D eigenvalue weighted by Crippen LogP contribution is -2.25. The number of ether oxygens (including phenoxy) is 1. The first-order valence-corrected chi connectivity index (χ1v) is 10.6. The molecule has 1 amide bonds. The molecule has 0 saturated heterocycles. The van der Waals surface area contributed by atoms with Gasteiger partial charge in [0.25, 0.3) is 0 Å². The molecule has 4 aromatic rings. The molecule has 1 heterocycles. The van der Waals surface area contributed by atoms with Crippen LogP contribution in [0.4, 0.5) is 0 Å². The molecular weight excluding hydrogens is 386 g/mol. The van der Waals surface area contributed by atoms with Crippen molar-refractivity contribution in [3.63, 3.8) is 0 Å². The van der Waals surface area contributed by atoms with E-state index in [9.17, 15) is 4.79 Å². The number of aryl methyl sites for hydroxylation is 2. The summed E-state index contributed by atoms with van der Waals surface area (Å²) in [6, 6.07) is 26.1. The Kier molecular flexibility index (Phi) is 6.62. The van der Waals surface area contributed by atoms with Gasteiger partial charge >= 0.3 is 0 Å². The topological polar surface area (TPSA) is 56.1 Å². The highest BCUT2D eigenvalue weighted by Crippen LogP contribution is 2.18. The van der Waals surface area contributed by atoms with Crippen LogP contribution in [-0.4, -0.2) is 22.1 Å². The van der Waals surface area contributed by atoms with Crippen LogP contribution < -0.4 is 10.1 Å². The summed E-state index contributed by atoms with van der Waals surface area (Å²) in [5, 5.41) is 3.02. The number of carbonyl (C=O) groups excluding carboxylic acids is 1. The molecule has 31 heavy (non-hydrogen) atoms. The number of rotatable bonds is 9. The summed E-state index contributed by atoms with van der Waals surface area (Å²) in [4.78, 5) is 17.1. The Morgan fingerprint density at radius 2 is 1.71 bits per heavy atom. The largest absolute Gasteiger partial charge is 0.491 e. The van der Waals surface area contributed by atoms with Gasteiger partial charge < -0.3 is 14.6 Å². The smallest absolute Gasteiger partial charge is 0.220 e. The van der Waals surface area contributed by atoms with E-state index in [2.05, 4.69) is 16.0 Å². The second kappa shape index (κ2) is 9.94. The Balaban J connectivity index is 1.40. The molecule has 0 saturated carbocycles.